The van der Waals surface area contributed by atoms with Crippen molar-refractivity contribution in [2.45, 2.75) is 25.3 Å². The van der Waals surface area contributed by atoms with Crippen LogP contribution in [-0.4, -0.2) is 24.3 Å². The first kappa shape index (κ1) is 12.4. The molecule has 0 aromatic heterocycles. The minimum Gasteiger partial charge on any atom is -0.396 e. The van der Waals surface area contributed by atoms with Gasteiger partial charge in [0.15, 0.2) is 0 Å². The van der Waals surface area contributed by atoms with Crippen LogP contribution in [0.4, 0.5) is 5.69 Å². The predicted molar refractivity (Wildman–Crippen MR) is 70.9 cm³/mol. The third kappa shape index (κ3) is 2.62. The molecule has 4 heteroatoms. The molecule has 1 heterocycles. The Morgan fingerprint density at radius 1 is 1.53 bits per heavy atom. The fraction of sp³-hybridized carbons (Fsp3) is 0.462. The number of benzene rings is 1. The Morgan fingerprint density at radius 2 is 2.35 bits per heavy atom. The Morgan fingerprint density at radius 3 is 3.06 bits per heavy atom. The summed E-state index contributed by atoms with van der Waals surface area (Å²) < 4.78 is 0.987. The maximum atomic E-state index is 9.14. The first-order valence-electron chi connectivity index (χ1n) is 5.83. The van der Waals surface area contributed by atoms with Gasteiger partial charge in [-0.1, -0.05) is 15.9 Å². The molecule has 0 saturated carbocycles. The van der Waals surface area contributed by atoms with Crippen LogP contribution < -0.4 is 4.90 Å². The number of aliphatic hydroxyl groups excluding tert-OH is 1. The highest BCUT2D eigenvalue weighted by molar-refractivity contribution is 9.10. The van der Waals surface area contributed by atoms with Crippen LogP contribution >= 0.6 is 15.9 Å². The van der Waals surface area contributed by atoms with Crippen molar-refractivity contribution >= 4 is 21.6 Å². The van der Waals surface area contributed by atoms with Gasteiger partial charge in [0.1, 0.15) is 6.07 Å². The van der Waals surface area contributed by atoms with Gasteiger partial charge < -0.3 is 10.0 Å². The molecular weight excluding hydrogens is 280 g/mol. The van der Waals surface area contributed by atoms with E-state index in [0.717, 1.165) is 36.0 Å². The highest BCUT2D eigenvalue weighted by Crippen LogP contribution is 2.31. The maximum absolute atomic E-state index is 9.14. The van der Waals surface area contributed by atoms with Crippen molar-refractivity contribution in [2.75, 3.05) is 18.1 Å². The number of hydrogen-bond acceptors (Lipinski definition) is 3. The third-order valence-corrected chi connectivity index (χ3v) is 3.72. The number of anilines is 1. The van der Waals surface area contributed by atoms with E-state index in [4.69, 9.17) is 10.4 Å². The molecular formula is C13H15BrN2O. The van der Waals surface area contributed by atoms with Gasteiger partial charge in [-0.3, -0.25) is 0 Å². The molecule has 0 amide bonds. The Labute approximate surface area is 110 Å². The molecule has 3 nitrogen and oxygen atoms in total. The average molecular weight is 295 g/mol. The molecule has 1 atom stereocenters. The van der Waals surface area contributed by atoms with Gasteiger partial charge in [0, 0.05) is 23.7 Å². The standard InChI is InChI=1S/C13H15BrN2O/c14-11-4-3-10(9-15)13(8-11)16-6-1-2-12(16)5-7-17/h3-4,8,12,17H,1-2,5-7H2. The van der Waals surface area contributed by atoms with Gasteiger partial charge in [0.2, 0.25) is 0 Å². The number of nitriles is 1. The molecule has 0 spiro atoms. The lowest BCUT2D eigenvalue weighted by molar-refractivity contribution is 0.276. The van der Waals surface area contributed by atoms with Gasteiger partial charge in [0.05, 0.1) is 11.3 Å². The first-order chi connectivity index (χ1) is 8.26. The van der Waals surface area contributed by atoms with Crippen molar-refractivity contribution in [3.05, 3.63) is 28.2 Å². The molecule has 0 bridgehead atoms. The molecule has 1 aliphatic heterocycles. The Kier molecular flexibility index (Phi) is 4.03. The van der Waals surface area contributed by atoms with Crippen molar-refractivity contribution in [3.63, 3.8) is 0 Å². The number of halogens is 1. The zero-order valence-corrected chi connectivity index (χ0v) is 11.2. The molecule has 0 aliphatic carbocycles. The van der Waals surface area contributed by atoms with Gasteiger partial charge >= 0.3 is 0 Å². The fourth-order valence-corrected chi connectivity index (χ4v) is 2.79. The van der Waals surface area contributed by atoms with Crippen molar-refractivity contribution in [1.82, 2.24) is 0 Å². The third-order valence-electron chi connectivity index (χ3n) is 3.23. The van der Waals surface area contributed by atoms with E-state index in [2.05, 4.69) is 26.9 Å². The minimum atomic E-state index is 0.205. The number of aliphatic hydroxyl groups is 1. The number of rotatable bonds is 3. The average Bonchev–Trinajstić information content (AvgIpc) is 2.77. The van der Waals surface area contributed by atoms with E-state index < -0.39 is 0 Å². The first-order valence-corrected chi connectivity index (χ1v) is 6.62. The molecule has 0 radical (unpaired) electrons. The Balaban J connectivity index is 2.32. The zero-order chi connectivity index (χ0) is 12.3. The van der Waals surface area contributed by atoms with Crippen LogP contribution in [0.1, 0.15) is 24.8 Å². The maximum Gasteiger partial charge on any atom is 0.101 e. The second-order valence-electron chi connectivity index (χ2n) is 4.28. The van der Waals surface area contributed by atoms with E-state index in [-0.39, 0.29) is 6.61 Å². The fourth-order valence-electron chi connectivity index (χ4n) is 2.44. The topological polar surface area (TPSA) is 47.3 Å². The van der Waals surface area contributed by atoms with Gasteiger partial charge in [-0.05, 0) is 37.5 Å². The van der Waals surface area contributed by atoms with Crippen LogP contribution in [0.5, 0.6) is 0 Å². The van der Waals surface area contributed by atoms with Gasteiger partial charge in [-0.15, -0.1) is 0 Å². The largest absolute Gasteiger partial charge is 0.396 e. The predicted octanol–water partition coefficient (Wildman–Crippen LogP) is 2.67. The normalized spacial score (nSPS) is 19.4. The zero-order valence-electron chi connectivity index (χ0n) is 9.56. The number of hydrogen-bond donors (Lipinski definition) is 1. The van der Waals surface area contributed by atoms with Gasteiger partial charge in [-0.2, -0.15) is 5.26 Å². The van der Waals surface area contributed by atoms with Crippen molar-refractivity contribution in [2.24, 2.45) is 0 Å². The summed E-state index contributed by atoms with van der Waals surface area (Å²) in [6, 6.07) is 8.32. The van der Waals surface area contributed by atoms with Crippen LogP contribution in [-0.2, 0) is 0 Å². The molecule has 1 fully saturated rings. The summed E-state index contributed by atoms with van der Waals surface area (Å²) in [7, 11) is 0. The van der Waals surface area contributed by atoms with Crippen LogP contribution in [0.2, 0.25) is 0 Å². The summed E-state index contributed by atoms with van der Waals surface area (Å²) >= 11 is 3.45. The lowest BCUT2D eigenvalue weighted by Gasteiger charge is -2.27. The quantitative estimate of drug-likeness (QED) is 0.932. The molecule has 1 N–H and O–H groups in total. The molecule has 2 rings (SSSR count). The van der Waals surface area contributed by atoms with Crippen LogP contribution in [0, 0.1) is 11.3 Å². The highest BCUT2D eigenvalue weighted by atomic mass is 79.9. The smallest absolute Gasteiger partial charge is 0.101 e. The second kappa shape index (κ2) is 5.52. The van der Waals surface area contributed by atoms with E-state index >= 15 is 0 Å². The van der Waals surface area contributed by atoms with Crippen LogP contribution in [0.15, 0.2) is 22.7 Å². The van der Waals surface area contributed by atoms with Gasteiger partial charge in [-0.25, -0.2) is 0 Å². The summed E-state index contributed by atoms with van der Waals surface area (Å²) in [6.07, 6.45) is 3.00. The SMILES string of the molecule is N#Cc1ccc(Br)cc1N1CCCC1CCO. The van der Waals surface area contributed by atoms with Crippen LogP contribution in [0.3, 0.4) is 0 Å². The molecule has 1 unspecified atom stereocenters. The summed E-state index contributed by atoms with van der Waals surface area (Å²) in [5.41, 5.74) is 1.69. The summed E-state index contributed by atoms with van der Waals surface area (Å²) in [5.74, 6) is 0. The molecule has 1 saturated heterocycles. The molecule has 1 aliphatic rings. The van der Waals surface area contributed by atoms with Crippen LogP contribution in [0.25, 0.3) is 0 Å². The Hall–Kier alpha value is -1.05. The van der Waals surface area contributed by atoms with Gasteiger partial charge in [0.25, 0.3) is 0 Å². The molecule has 1 aromatic rings. The lowest BCUT2D eigenvalue weighted by Crippen LogP contribution is -2.30. The molecule has 90 valence electrons. The highest BCUT2D eigenvalue weighted by Gasteiger charge is 2.25. The van der Waals surface area contributed by atoms with E-state index in [1.54, 1.807) is 0 Å². The van der Waals surface area contributed by atoms with Crippen molar-refractivity contribution < 1.29 is 5.11 Å². The van der Waals surface area contributed by atoms with E-state index in [1.165, 1.54) is 0 Å². The Bertz CT molecular complexity index is 442. The van der Waals surface area contributed by atoms with E-state index in [9.17, 15) is 0 Å². The van der Waals surface area contributed by atoms with E-state index in [0.29, 0.717) is 11.6 Å². The summed E-state index contributed by atoms with van der Waals surface area (Å²) in [5, 5.41) is 18.2. The van der Waals surface area contributed by atoms with Crippen molar-refractivity contribution in [3.8, 4) is 6.07 Å². The summed E-state index contributed by atoms with van der Waals surface area (Å²) in [4.78, 5) is 2.25. The molecule has 17 heavy (non-hydrogen) atoms. The summed E-state index contributed by atoms with van der Waals surface area (Å²) in [6.45, 7) is 1.17. The second-order valence-corrected chi connectivity index (χ2v) is 5.19. The lowest BCUT2D eigenvalue weighted by atomic mass is 10.1. The number of nitrogens with zero attached hydrogens (tertiary/aromatic N) is 2. The molecule has 1 aromatic carbocycles. The van der Waals surface area contributed by atoms with Crippen molar-refractivity contribution in [1.29, 1.82) is 5.26 Å². The minimum absolute atomic E-state index is 0.205. The van der Waals surface area contributed by atoms with E-state index in [1.807, 2.05) is 18.2 Å². The monoisotopic (exact) mass is 294 g/mol.